The third-order valence-corrected chi connectivity index (χ3v) is 6.42. The van der Waals surface area contributed by atoms with Gasteiger partial charge < -0.3 is 9.64 Å². The number of ether oxygens (including phenoxy) is 1. The quantitative estimate of drug-likeness (QED) is 0.631. The van der Waals surface area contributed by atoms with E-state index in [1.54, 1.807) is 19.2 Å². The number of benzene rings is 2. The summed E-state index contributed by atoms with van der Waals surface area (Å²) in [5, 5.41) is 0. The molecular weight excluding hydrogens is 393 g/mol. The second-order valence-electron chi connectivity index (χ2n) is 7.13. The molecule has 6 nitrogen and oxygen atoms in total. The molecule has 1 fully saturated rings. The van der Waals surface area contributed by atoms with E-state index < -0.39 is 15.8 Å². The summed E-state index contributed by atoms with van der Waals surface area (Å²) in [5.74, 6) is 0.0256. The molecule has 0 spiro atoms. The summed E-state index contributed by atoms with van der Waals surface area (Å²) in [6.45, 7) is 4.94. The lowest BCUT2D eigenvalue weighted by molar-refractivity contribution is 0.255. The van der Waals surface area contributed by atoms with Gasteiger partial charge in [-0.1, -0.05) is 18.2 Å². The molecule has 0 radical (unpaired) electrons. The van der Waals surface area contributed by atoms with Crippen LogP contribution in [0.4, 0.5) is 10.1 Å². The number of rotatable bonds is 9. The summed E-state index contributed by atoms with van der Waals surface area (Å²) in [5.41, 5.74) is 1.38. The van der Waals surface area contributed by atoms with Gasteiger partial charge in [-0.15, -0.1) is 0 Å². The lowest BCUT2D eigenvalue weighted by Crippen LogP contribution is -2.47. The van der Waals surface area contributed by atoms with Gasteiger partial charge in [0.1, 0.15) is 11.6 Å². The summed E-state index contributed by atoms with van der Waals surface area (Å²) in [6, 6.07) is 14.0. The predicted molar refractivity (Wildman–Crippen MR) is 113 cm³/mol. The van der Waals surface area contributed by atoms with E-state index >= 15 is 0 Å². The van der Waals surface area contributed by atoms with Gasteiger partial charge in [0.15, 0.2) is 0 Å². The van der Waals surface area contributed by atoms with Crippen molar-refractivity contribution in [2.75, 3.05) is 51.3 Å². The molecule has 0 amide bonds. The Labute approximate surface area is 172 Å². The average molecular weight is 422 g/mol. The van der Waals surface area contributed by atoms with E-state index in [0.717, 1.165) is 44.9 Å². The molecule has 1 aliphatic heterocycles. The number of sulfonamides is 1. The van der Waals surface area contributed by atoms with Gasteiger partial charge in [0.2, 0.25) is 10.0 Å². The van der Waals surface area contributed by atoms with Gasteiger partial charge in [-0.2, -0.15) is 0 Å². The maximum absolute atomic E-state index is 13.6. The Balaban J connectivity index is 1.36. The number of piperazine rings is 1. The van der Waals surface area contributed by atoms with Gasteiger partial charge in [0.25, 0.3) is 0 Å². The van der Waals surface area contributed by atoms with Crippen molar-refractivity contribution >= 4 is 15.7 Å². The van der Waals surface area contributed by atoms with Crippen LogP contribution in [0.15, 0.2) is 48.5 Å². The van der Waals surface area contributed by atoms with Crippen LogP contribution in [0.1, 0.15) is 12.0 Å². The van der Waals surface area contributed by atoms with Gasteiger partial charge in [-0.25, -0.2) is 17.5 Å². The largest absolute Gasteiger partial charge is 0.497 e. The topological polar surface area (TPSA) is 61.9 Å². The molecule has 1 heterocycles. The number of nitrogens with zero attached hydrogens (tertiary/aromatic N) is 2. The first kappa shape index (κ1) is 21.5. The normalized spacial score (nSPS) is 15.4. The van der Waals surface area contributed by atoms with Crippen molar-refractivity contribution in [2.45, 2.75) is 12.2 Å². The number of halogens is 1. The molecule has 0 aliphatic carbocycles. The van der Waals surface area contributed by atoms with E-state index in [1.807, 2.05) is 12.1 Å². The molecule has 1 aliphatic rings. The Bertz CT molecular complexity index is 882. The van der Waals surface area contributed by atoms with Crippen LogP contribution >= 0.6 is 0 Å². The third kappa shape index (κ3) is 6.42. The Kier molecular flexibility index (Phi) is 7.46. The average Bonchev–Trinajstić information content (AvgIpc) is 2.73. The molecule has 0 unspecified atom stereocenters. The van der Waals surface area contributed by atoms with E-state index in [1.165, 1.54) is 17.8 Å². The summed E-state index contributed by atoms with van der Waals surface area (Å²) in [4.78, 5) is 4.68. The summed E-state index contributed by atoms with van der Waals surface area (Å²) < 4.78 is 45.7. The lowest BCUT2D eigenvalue weighted by Gasteiger charge is -2.36. The molecule has 1 N–H and O–H groups in total. The molecule has 158 valence electrons. The van der Waals surface area contributed by atoms with E-state index in [0.29, 0.717) is 6.54 Å². The first-order valence-electron chi connectivity index (χ1n) is 9.79. The zero-order chi connectivity index (χ0) is 20.7. The molecule has 0 bridgehead atoms. The molecule has 3 rings (SSSR count). The van der Waals surface area contributed by atoms with Gasteiger partial charge in [0, 0.05) is 44.0 Å². The van der Waals surface area contributed by atoms with Crippen LogP contribution < -0.4 is 14.4 Å². The molecule has 1 saturated heterocycles. The van der Waals surface area contributed by atoms with Gasteiger partial charge in [0.05, 0.1) is 12.9 Å². The van der Waals surface area contributed by atoms with Crippen molar-refractivity contribution in [2.24, 2.45) is 0 Å². The molecular formula is C21H28FN3O3S. The summed E-state index contributed by atoms with van der Waals surface area (Å²) in [6.07, 6.45) is 0.721. The maximum Gasteiger partial charge on any atom is 0.215 e. The predicted octanol–water partition coefficient (Wildman–Crippen LogP) is 2.47. The second kappa shape index (κ2) is 10.0. The van der Waals surface area contributed by atoms with Crippen LogP contribution in [0.5, 0.6) is 5.75 Å². The van der Waals surface area contributed by atoms with Crippen LogP contribution in [-0.2, 0) is 15.8 Å². The molecule has 0 saturated carbocycles. The van der Waals surface area contributed by atoms with Crippen LogP contribution in [0.25, 0.3) is 0 Å². The molecule has 0 aromatic heterocycles. The van der Waals surface area contributed by atoms with Crippen LogP contribution in [0.2, 0.25) is 0 Å². The van der Waals surface area contributed by atoms with Crippen molar-refractivity contribution in [3.63, 3.8) is 0 Å². The highest BCUT2D eigenvalue weighted by atomic mass is 32.2. The molecule has 0 atom stereocenters. The smallest absolute Gasteiger partial charge is 0.215 e. The van der Waals surface area contributed by atoms with Crippen molar-refractivity contribution in [1.29, 1.82) is 0 Å². The van der Waals surface area contributed by atoms with Crippen LogP contribution in [-0.4, -0.2) is 59.7 Å². The Hall–Kier alpha value is -2.16. The SMILES string of the molecule is COc1ccc(N2CCN(CCCNS(=O)(=O)Cc3ccccc3F)CC2)cc1. The van der Waals surface area contributed by atoms with Gasteiger partial charge >= 0.3 is 0 Å². The summed E-state index contributed by atoms with van der Waals surface area (Å²) >= 11 is 0. The number of anilines is 1. The highest BCUT2D eigenvalue weighted by Gasteiger charge is 2.18. The van der Waals surface area contributed by atoms with E-state index in [9.17, 15) is 12.8 Å². The third-order valence-electron chi connectivity index (χ3n) is 5.09. The van der Waals surface area contributed by atoms with Crippen molar-refractivity contribution in [3.05, 3.63) is 59.9 Å². The minimum absolute atomic E-state index is 0.189. The minimum atomic E-state index is -3.54. The number of hydrogen-bond donors (Lipinski definition) is 1. The molecule has 2 aromatic carbocycles. The zero-order valence-corrected chi connectivity index (χ0v) is 17.5. The van der Waals surface area contributed by atoms with E-state index in [-0.39, 0.29) is 11.3 Å². The Morgan fingerprint density at radius 3 is 2.38 bits per heavy atom. The second-order valence-corrected chi connectivity index (χ2v) is 8.93. The van der Waals surface area contributed by atoms with E-state index in [4.69, 9.17) is 4.74 Å². The molecule has 2 aromatic rings. The Morgan fingerprint density at radius 1 is 1.03 bits per heavy atom. The lowest BCUT2D eigenvalue weighted by atomic mass is 10.2. The first-order chi connectivity index (χ1) is 14.0. The van der Waals surface area contributed by atoms with Gasteiger partial charge in [-0.3, -0.25) is 4.90 Å². The van der Waals surface area contributed by atoms with Crippen LogP contribution in [0, 0.1) is 5.82 Å². The summed E-state index contributed by atoms with van der Waals surface area (Å²) in [7, 11) is -1.88. The zero-order valence-electron chi connectivity index (χ0n) is 16.7. The fourth-order valence-electron chi connectivity index (χ4n) is 3.42. The number of methoxy groups -OCH3 is 1. The monoisotopic (exact) mass is 421 g/mol. The fourth-order valence-corrected chi connectivity index (χ4v) is 4.63. The van der Waals surface area contributed by atoms with Crippen molar-refractivity contribution in [3.8, 4) is 5.75 Å². The molecule has 29 heavy (non-hydrogen) atoms. The highest BCUT2D eigenvalue weighted by molar-refractivity contribution is 7.88. The standard InChI is InChI=1S/C21H28FN3O3S/c1-28-20-9-7-19(8-10-20)25-15-13-24(14-16-25)12-4-11-23-29(26,27)17-18-5-2-3-6-21(18)22/h2-3,5-10,23H,4,11-17H2,1H3. The first-order valence-corrected chi connectivity index (χ1v) is 11.4. The highest BCUT2D eigenvalue weighted by Crippen LogP contribution is 2.20. The van der Waals surface area contributed by atoms with Crippen molar-refractivity contribution < 1.29 is 17.5 Å². The van der Waals surface area contributed by atoms with Gasteiger partial charge in [-0.05, 0) is 43.3 Å². The minimum Gasteiger partial charge on any atom is -0.497 e. The molecule has 8 heteroatoms. The van der Waals surface area contributed by atoms with E-state index in [2.05, 4.69) is 26.7 Å². The van der Waals surface area contributed by atoms with Crippen LogP contribution in [0.3, 0.4) is 0 Å². The number of nitrogens with one attached hydrogen (secondary N) is 1. The fraction of sp³-hybridized carbons (Fsp3) is 0.429. The number of hydrogen-bond acceptors (Lipinski definition) is 5. The van der Waals surface area contributed by atoms with Crippen molar-refractivity contribution in [1.82, 2.24) is 9.62 Å². The maximum atomic E-state index is 13.6. The Morgan fingerprint density at radius 2 is 1.72 bits per heavy atom.